The second-order valence-electron chi connectivity index (χ2n) is 3.66. The van der Waals surface area contributed by atoms with Gasteiger partial charge in [-0.2, -0.15) is 0 Å². The van der Waals surface area contributed by atoms with Crippen LogP contribution in [0, 0.1) is 0 Å². The molecule has 96 valence electrons. The molecular formula is C11H13N3O4. The van der Waals surface area contributed by atoms with Crippen molar-refractivity contribution in [3.63, 3.8) is 0 Å². The molecule has 2 amide bonds. The van der Waals surface area contributed by atoms with E-state index < -0.39 is 30.2 Å². The second kappa shape index (κ2) is 5.67. The average molecular weight is 251 g/mol. The Labute approximate surface area is 103 Å². The summed E-state index contributed by atoms with van der Waals surface area (Å²) in [6, 6.07) is 4.59. The number of rotatable bonds is 5. The molecule has 0 heterocycles. The fourth-order valence-electron chi connectivity index (χ4n) is 1.28. The maximum absolute atomic E-state index is 11.7. The lowest BCUT2D eigenvalue weighted by molar-refractivity contribution is -0.140. The lowest BCUT2D eigenvalue weighted by Gasteiger charge is -2.12. The number of hydrogen-bond acceptors (Lipinski definition) is 4. The highest BCUT2D eigenvalue weighted by Gasteiger charge is 2.22. The molecule has 7 heteroatoms. The first kappa shape index (κ1) is 13.5. The van der Waals surface area contributed by atoms with Crippen LogP contribution in [-0.2, 0) is 9.59 Å². The number of carboxylic acids is 1. The van der Waals surface area contributed by atoms with Gasteiger partial charge < -0.3 is 21.9 Å². The summed E-state index contributed by atoms with van der Waals surface area (Å²) in [5, 5.41) is 11.0. The normalized spacial score (nSPS) is 11.6. The highest BCUT2D eigenvalue weighted by Crippen LogP contribution is 2.06. The van der Waals surface area contributed by atoms with Crippen molar-refractivity contribution >= 4 is 23.5 Å². The van der Waals surface area contributed by atoms with Crippen LogP contribution >= 0.6 is 0 Å². The monoisotopic (exact) mass is 251 g/mol. The van der Waals surface area contributed by atoms with Gasteiger partial charge in [0.25, 0.3) is 5.91 Å². The van der Waals surface area contributed by atoms with Crippen LogP contribution in [0.3, 0.4) is 0 Å². The zero-order valence-corrected chi connectivity index (χ0v) is 9.42. The standard InChI is InChI=1S/C11H13N3O4/c12-7-3-1-6(2-4-7)10(16)14-8(11(17)18)5-9(13)15/h1-4,8H,5,12H2,(H2,13,15)(H,14,16)(H,17,18)/t8-/m1/s1. The highest BCUT2D eigenvalue weighted by molar-refractivity contribution is 5.97. The number of hydrogen-bond donors (Lipinski definition) is 4. The third-order valence-electron chi connectivity index (χ3n) is 2.18. The van der Waals surface area contributed by atoms with E-state index in [0.29, 0.717) is 5.69 Å². The van der Waals surface area contributed by atoms with Gasteiger partial charge in [-0.3, -0.25) is 9.59 Å². The van der Waals surface area contributed by atoms with Crippen molar-refractivity contribution < 1.29 is 19.5 Å². The Kier molecular flexibility index (Phi) is 4.25. The molecule has 1 aromatic carbocycles. The Morgan fingerprint density at radius 2 is 1.78 bits per heavy atom. The topological polar surface area (TPSA) is 136 Å². The molecule has 0 unspecified atom stereocenters. The lowest BCUT2D eigenvalue weighted by atomic mass is 10.1. The number of nitrogens with two attached hydrogens (primary N) is 2. The molecule has 0 bridgehead atoms. The molecule has 0 spiro atoms. The van der Waals surface area contributed by atoms with E-state index in [1.807, 2.05) is 0 Å². The van der Waals surface area contributed by atoms with Crippen molar-refractivity contribution in [2.75, 3.05) is 5.73 Å². The number of nitrogen functional groups attached to an aromatic ring is 1. The molecule has 0 aliphatic heterocycles. The zero-order valence-electron chi connectivity index (χ0n) is 9.42. The Balaban J connectivity index is 2.75. The van der Waals surface area contributed by atoms with Crippen LogP contribution in [0.5, 0.6) is 0 Å². The highest BCUT2D eigenvalue weighted by atomic mass is 16.4. The fraction of sp³-hybridized carbons (Fsp3) is 0.182. The van der Waals surface area contributed by atoms with Crippen LogP contribution in [0.4, 0.5) is 5.69 Å². The molecular weight excluding hydrogens is 238 g/mol. The van der Waals surface area contributed by atoms with E-state index in [2.05, 4.69) is 5.32 Å². The summed E-state index contributed by atoms with van der Waals surface area (Å²) in [5.74, 6) is -2.73. The second-order valence-corrected chi connectivity index (χ2v) is 3.66. The van der Waals surface area contributed by atoms with Gasteiger partial charge in [0, 0.05) is 11.3 Å². The molecule has 18 heavy (non-hydrogen) atoms. The van der Waals surface area contributed by atoms with Crippen LogP contribution < -0.4 is 16.8 Å². The average Bonchev–Trinajstić information content (AvgIpc) is 2.28. The minimum Gasteiger partial charge on any atom is -0.480 e. The summed E-state index contributed by atoms with van der Waals surface area (Å²) in [7, 11) is 0. The molecule has 0 aromatic heterocycles. The lowest BCUT2D eigenvalue weighted by Crippen LogP contribution is -2.43. The van der Waals surface area contributed by atoms with Crippen molar-refractivity contribution in [1.29, 1.82) is 0 Å². The summed E-state index contributed by atoms with van der Waals surface area (Å²) < 4.78 is 0. The van der Waals surface area contributed by atoms with Gasteiger partial charge >= 0.3 is 5.97 Å². The molecule has 0 radical (unpaired) electrons. The SMILES string of the molecule is NC(=O)C[C@@H](NC(=O)c1ccc(N)cc1)C(=O)O. The van der Waals surface area contributed by atoms with Gasteiger partial charge in [0.2, 0.25) is 5.91 Å². The number of aliphatic carboxylic acids is 1. The van der Waals surface area contributed by atoms with E-state index in [9.17, 15) is 14.4 Å². The minimum atomic E-state index is -1.34. The summed E-state index contributed by atoms with van der Waals surface area (Å²) in [6.45, 7) is 0. The quantitative estimate of drug-likeness (QED) is 0.514. The number of carbonyl (C=O) groups is 3. The van der Waals surface area contributed by atoms with E-state index in [-0.39, 0.29) is 5.56 Å². The molecule has 1 rings (SSSR count). The van der Waals surface area contributed by atoms with E-state index in [0.717, 1.165) is 0 Å². The van der Waals surface area contributed by atoms with Crippen molar-refractivity contribution in [3.05, 3.63) is 29.8 Å². The van der Waals surface area contributed by atoms with E-state index in [4.69, 9.17) is 16.6 Å². The molecule has 0 saturated heterocycles. The summed E-state index contributed by atoms with van der Waals surface area (Å²) in [4.78, 5) is 33.2. The van der Waals surface area contributed by atoms with Crippen molar-refractivity contribution in [3.8, 4) is 0 Å². The first-order valence-corrected chi connectivity index (χ1v) is 5.07. The predicted molar refractivity (Wildman–Crippen MR) is 63.6 cm³/mol. The Morgan fingerprint density at radius 3 is 2.22 bits per heavy atom. The molecule has 1 atom stereocenters. The van der Waals surface area contributed by atoms with Crippen molar-refractivity contribution in [2.24, 2.45) is 5.73 Å². The smallest absolute Gasteiger partial charge is 0.326 e. The van der Waals surface area contributed by atoms with Gasteiger partial charge in [0.15, 0.2) is 0 Å². The van der Waals surface area contributed by atoms with Gasteiger partial charge in [-0.1, -0.05) is 0 Å². The number of carbonyl (C=O) groups excluding carboxylic acids is 2. The van der Waals surface area contributed by atoms with E-state index >= 15 is 0 Å². The molecule has 6 N–H and O–H groups in total. The van der Waals surface area contributed by atoms with Crippen LogP contribution in [0.15, 0.2) is 24.3 Å². The number of amides is 2. The summed E-state index contributed by atoms with van der Waals surface area (Å²) in [6.07, 6.45) is -0.462. The molecule has 0 fully saturated rings. The van der Waals surface area contributed by atoms with Crippen LogP contribution in [-0.4, -0.2) is 28.9 Å². The molecule has 0 aliphatic rings. The summed E-state index contributed by atoms with van der Waals surface area (Å²) in [5.41, 5.74) is 11.1. The van der Waals surface area contributed by atoms with E-state index in [1.165, 1.54) is 24.3 Å². The molecule has 0 saturated carbocycles. The minimum absolute atomic E-state index is 0.250. The molecule has 1 aromatic rings. The van der Waals surface area contributed by atoms with Gasteiger partial charge in [0.05, 0.1) is 6.42 Å². The Hall–Kier alpha value is -2.57. The third kappa shape index (κ3) is 3.78. The largest absolute Gasteiger partial charge is 0.480 e. The van der Waals surface area contributed by atoms with Gasteiger partial charge in [0.1, 0.15) is 6.04 Å². The Morgan fingerprint density at radius 1 is 1.22 bits per heavy atom. The number of nitrogens with one attached hydrogen (secondary N) is 1. The fourth-order valence-corrected chi connectivity index (χ4v) is 1.28. The van der Waals surface area contributed by atoms with Gasteiger partial charge in [-0.05, 0) is 24.3 Å². The Bertz CT molecular complexity index is 470. The number of anilines is 1. The maximum atomic E-state index is 11.7. The number of primary amides is 1. The van der Waals surface area contributed by atoms with Crippen LogP contribution in [0.25, 0.3) is 0 Å². The van der Waals surface area contributed by atoms with Crippen molar-refractivity contribution in [1.82, 2.24) is 5.32 Å². The summed E-state index contributed by atoms with van der Waals surface area (Å²) >= 11 is 0. The van der Waals surface area contributed by atoms with Crippen LogP contribution in [0.1, 0.15) is 16.8 Å². The maximum Gasteiger partial charge on any atom is 0.326 e. The number of carboxylic acid groups (broad SMARTS) is 1. The zero-order chi connectivity index (χ0) is 13.7. The van der Waals surface area contributed by atoms with Gasteiger partial charge in [-0.25, -0.2) is 4.79 Å². The molecule has 0 aliphatic carbocycles. The first-order chi connectivity index (χ1) is 8.40. The molecule has 7 nitrogen and oxygen atoms in total. The third-order valence-corrected chi connectivity index (χ3v) is 2.18. The first-order valence-electron chi connectivity index (χ1n) is 5.07. The number of benzene rings is 1. The van der Waals surface area contributed by atoms with Gasteiger partial charge in [-0.15, -0.1) is 0 Å². The van der Waals surface area contributed by atoms with Crippen molar-refractivity contribution in [2.45, 2.75) is 12.5 Å². The van der Waals surface area contributed by atoms with Crippen LogP contribution in [0.2, 0.25) is 0 Å². The predicted octanol–water partition coefficient (Wildman–Crippen LogP) is -0.673. The van der Waals surface area contributed by atoms with E-state index in [1.54, 1.807) is 0 Å².